The van der Waals surface area contributed by atoms with Crippen LogP contribution in [0.3, 0.4) is 0 Å². The van der Waals surface area contributed by atoms with Crippen molar-refractivity contribution < 1.29 is 0 Å². The van der Waals surface area contributed by atoms with Crippen molar-refractivity contribution in [2.45, 2.75) is 38.4 Å². The molecule has 1 saturated carbocycles. The molecule has 3 nitrogen and oxygen atoms in total. The molecular weight excluding hydrogens is 242 g/mol. The Bertz CT molecular complexity index is 368. The molecule has 4 heteroatoms. The molecule has 2 aliphatic rings. The molecule has 0 unspecified atom stereocenters. The van der Waals surface area contributed by atoms with E-state index in [0.717, 1.165) is 13.1 Å². The fourth-order valence-corrected chi connectivity index (χ4v) is 2.95. The third-order valence-electron chi connectivity index (χ3n) is 3.30. The molecule has 0 N–H and O–H groups in total. The van der Waals surface area contributed by atoms with Gasteiger partial charge in [0, 0.05) is 18.7 Å². The Labute approximate surface area is 92.2 Å². The van der Waals surface area contributed by atoms with Gasteiger partial charge in [-0.1, -0.05) is 0 Å². The summed E-state index contributed by atoms with van der Waals surface area (Å²) in [5.41, 5.74) is 2.67. The monoisotopic (exact) mass is 255 g/mol. The van der Waals surface area contributed by atoms with Crippen LogP contribution in [0.5, 0.6) is 0 Å². The minimum absolute atomic E-state index is 0.667. The molecular formula is C10H14BrN3. The van der Waals surface area contributed by atoms with Crippen LogP contribution in [-0.2, 0) is 13.1 Å². The van der Waals surface area contributed by atoms with E-state index in [2.05, 4.69) is 32.6 Å². The van der Waals surface area contributed by atoms with E-state index in [0.29, 0.717) is 6.04 Å². The Balaban J connectivity index is 1.97. The highest BCUT2D eigenvalue weighted by Crippen LogP contribution is 2.37. The van der Waals surface area contributed by atoms with Crippen LogP contribution in [0.15, 0.2) is 4.60 Å². The van der Waals surface area contributed by atoms with Crippen molar-refractivity contribution in [3.05, 3.63) is 15.9 Å². The second-order valence-electron chi connectivity index (χ2n) is 4.42. The summed E-state index contributed by atoms with van der Waals surface area (Å²) < 4.78 is 3.42. The van der Waals surface area contributed by atoms with Crippen LogP contribution >= 0.6 is 15.9 Å². The van der Waals surface area contributed by atoms with Gasteiger partial charge < -0.3 is 0 Å². The predicted molar refractivity (Wildman–Crippen MR) is 58.0 cm³/mol. The first-order chi connectivity index (χ1) is 6.75. The highest BCUT2D eigenvalue weighted by Gasteiger charge is 2.29. The van der Waals surface area contributed by atoms with Crippen LogP contribution in [0.4, 0.5) is 0 Å². The quantitative estimate of drug-likeness (QED) is 0.768. The molecule has 2 heterocycles. The standard InChI is InChI=1S/C10H14BrN3/c1-13-5-8-9(6-13)12-14(10(8)11)7-3-2-4-7/h7H,2-6H2,1H3. The highest BCUT2D eigenvalue weighted by molar-refractivity contribution is 9.10. The first-order valence-corrected chi connectivity index (χ1v) is 5.99. The van der Waals surface area contributed by atoms with Crippen molar-refractivity contribution in [2.24, 2.45) is 0 Å². The summed E-state index contributed by atoms with van der Waals surface area (Å²) in [7, 11) is 2.14. The Morgan fingerprint density at radius 2 is 2.14 bits per heavy atom. The van der Waals surface area contributed by atoms with E-state index in [-0.39, 0.29) is 0 Å². The van der Waals surface area contributed by atoms with Gasteiger partial charge in [0.2, 0.25) is 0 Å². The lowest BCUT2D eigenvalue weighted by Gasteiger charge is -2.26. The summed E-state index contributed by atoms with van der Waals surface area (Å²) in [6.45, 7) is 2.05. The normalized spacial score (nSPS) is 22.4. The number of nitrogens with zero attached hydrogens (tertiary/aromatic N) is 3. The summed E-state index contributed by atoms with van der Waals surface area (Å²) in [6, 6.07) is 0.667. The average molecular weight is 256 g/mol. The van der Waals surface area contributed by atoms with Crippen LogP contribution < -0.4 is 0 Å². The Morgan fingerprint density at radius 3 is 2.71 bits per heavy atom. The van der Waals surface area contributed by atoms with Gasteiger partial charge >= 0.3 is 0 Å². The van der Waals surface area contributed by atoms with E-state index >= 15 is 0 Å². The maximum atomic E-state index is 4.69. The SMILES string of the molecule is CN1Cc2nn(C3CCC3)c(Br)c2C1. The fraction of sp³-hybridized carbons (Fsp3) is 0.700. The molecule has 0 aromatic carbocycles. The van der Waals surface area contributed by atoms with Crippen molar-refractivity contribution in [1.82, 2.24) is 14.7 Å². The van der Waals surface area contributed by atoms with Gasteiger partial charge in [-0.2, -0.15) is 5.10 Å². The van der Waals surface area contributed by atoms with E-state index < -0.39 is 0 Å². The van der Waals surface area contributed by atoms with Crippen LogP contribution in [0.2, 0.25) is 0 Å². The van der Waals surface area contributed by atoms with Crippen LogP contribution in [0, 0.1) is 0 Å². The Hall–Kier alpha value is -0.350. The van der Waals surface area contributed by atoms with Gasteiger partial charge in [0.25, 0.3) is 0 Å². The molecule has 0 atom stereocenters. The molecule has 1 fully saturated rings. The summed E-state index contributed by atoms with van der Waals surface area (Å²) >= 11 is 3.68. The number of fused-ring (bicyclic) bond motifs is 1. The van der Waals surface area contributed by atoms with Gasteiger partial charge in [0.15, 0.2) is 0 Å². The molecule has 3 rings (SSSR count). The van der Waals surface area contributed by atoms with Crippen molar-refractivity contribution in [1.29, 1.82) is 0 Å². The summed E-state index contributed by atoms with van der Waals surface area (Å²) in [5, 5.41) is 4.69. The fourth-order valence-electron chi connectivity index (χ4n) is 2.23. The number of hydrogen-bond acceptors (Lipinski definition) is 2. The molecule has 0 spiro atoms. The highest BCUT2D eigenvalue weighted by atomic mass is 79.9. The van der Waals surface area contributed by atoms with Crippen LogP contribution in [0.25, 0.3) is 0 Å². The number of hydrogen-bond donors (Lipinski definition) is 0. The molecule has 1 aromatic rings. The molecule has 0 amide bonds. The molecule has 76 valence electrons. The van der Waals surface area contributed by atoms with E-state index in [1.54, 1.807) is 0 Å². The molecule has 0 bridgehead atoms. The zero-order chi connectivity index (χ0) is 9.71. The zero-order valence-electron chi connectivity index (χ0n) is 8.33. The van der Waals surface area contributed by atoms with Gasteiger partial charge in [-0.15, -0.1) is 0 Å². The van der Waals surface area contributed by atoms with Gasteiger partial charge in [-0.05, 0) is 42.2 Å². The minimum Gasteiger partial charge on any atom is -0.296 e. The molecule has 0 radical (unpaired) electrons. The van der Waals surface area contributed by atoms with Crippen LogP contribution in [-0.4, -0.2) is 21.7 Å². The molecule has 1 aliphatic carbocycles. The van der Waals surface area contributed by atoms with Crippen molar-refractivity contribution in [2.75, 3.05) is 7.05 Å². The van der Waals surface area contributed by atoms with Gasteiger partial charge in [-0.3, -0.25) is 9.58 Å². The molecule has 14 heavy (non-hydrogen) atoms. The number of halogens is 1. The summed E-state index contributed by atoms with van der Waals surface area (Å²) in [4.78, 5) is 2.30. The minimum atomic E-state index is 0.667. The predicted octanol–water partition coefficient (Wildman–Crippen LogP) is 2.32. The lowest BCUT2D eigenvalue weighted by Crippen LogP contribution is -2.20. The van der Waals surface area contributed by atoms with E-state index in [9.17, 15) is 0 Å². The smallest absolute Gasteiger partial charge is 0.109 e. The maximum Gasteiger partial charge on any atom is 0.109 e. The Morgan fingerprint density at radius 1 is 1.36 bits per heavy atom. The van der Waals surface area contributed by atoms with E-state index in [4.69, 9.17) is 5.10 Å². The second-order valence-corrected chi connectivity index (χ2v) is 5.17. The largest absolute Gasteiger partial charge is 0.296 e. The summed E-state index contributed by atoms with van der Waals surface area (Å²) in [6.07, 6.45) is 3.96. The first-order valence-electron chi connectivity index (χ1n) is 5.20. The van der Waals surface area contributed by atoms with Crippen LogP contribution in [0.1, 0.15) is 36.6 Å². The molecule has 1 aromatic heterocycles. The third kappa shape index (κ3) is 1.17. The van der Waals surface area contributed by atoms with Crippen molar-refractivity contribution in [3.8, 4) is 0 Å². The maximum absolute atomic E-state index is 4.69. The van der Waals surface area contributed by atoms with E-state index in [1.165, 1.54) is 35.1 Å². The lowest BCUT2D eigenvalue weighted by atomic mass is 9.93. The van der Waals surface area contributed by atoms with Gasteiger partial charge in [0.1, 0.15) is 4.60 Å². The van der Waals surface area contributed by atoms with E-state index in [1.807, 2.05) is 0 Å². The van der Waals surface area contributed by atoms with Gasteiger partial charge in [0.05, 0.1) is 11.7 Å². The molecule has 0 saturated heterocycles. The lowest BCUT2D eigenvalue weighted by molar-refractivity contribution is 0.275. The Kier molecular flexibility index (Phi) is 1.96. The van der Waals surface area contributed by atoms with Gasteiger partial charge in [-0.25, -0.2) is 0 Å². The number of aromatic nitrogens is 2. The topological polar surface area (TPSA) is 21.1 Å². The van der Waals surface area contributed by atoms with Crippen molar-refractivity contribution in [3.63, 3.8) is 0 Å². The van der Waals surface area contributed by atoms with Crippen molar-refractivity contribution >= 4 is 15.9 Å². The second kappa shape index (κ2) is 3.07. The zero-order valence-corrected chi connectivity index (χ0v) is 9.92. The third-order valence-corrected chi connectivity index (χ3v) is 4.14. The first kappa shape index (κ1) is 8.92. The summed E-state index contributed by atoms with van der Waals surface area (Å²) in [5.74, 6) is 0. The average Bonchev–Trinajstić information content (AvgIpc) is 2.51. The number of rotatable bonds is 1. The molecule has 1 aliphatic heterocycles.